The number of fused-ring (bicyclic) bond motifs is 1. The van der Waals surface area contributed by atoms with E-state index in [0.717, 1.165) is 15.6 Å². The van der Waals surface area contributed by atoms with Crippen LogP contribution >= 0.6 is 0 Å². The lowest BCUT2D eigenvalue weighted by molar-refractivity contribution is -0.121. The highest BCUT2D eigenvalue weighted by atomic mass is 16.3. The fraction of sp³-hybridized carbons (Fsp3) is 0.250. The largest absolute Gasteiger partial charge is 0.504 e. The lowest BCUT2D eigenvalue weighted by Gasteiger charge is -2.06. The van der Waals surface area contributed by atoms with Crippen molar-refractivity contribution < 1.29 is 15.0 Å². The van der Waals surface area contributed by atoms with Crippen molar-refractivity contribution in [2.24, 2.45) is 0 Å². The standard InChI is InChI=1S/C16H17N5O4/c22-12-3-1-10(7-13(12)23)5-6-17-14(24)4-2-11-8-20-21-15(11)18-9-19-16(21)25/h1,3,7-9,22-23H,2,4-6H2,(H,17,24)(H,18,19,25). The van der Waals surface area contributed by atoms with Gasteiger partial charge in [0.05, 0.1) is 12.5 Å². The molecule has 0 unspecified atom stereocenters. The number of benzene rings is 1. The van der Waals surface area contributed by atoms with Gasteiger partial charge >= 0.3 is 5.69 Å². The maximum atomic E-state index is 11.9. The van der Waals surface area contributed by atoms with Crippen LogP contribution < -0.4 is 11.0 Å². The van der Waals surface area contributed by atoms with Crippen molar-refractivity contribution in [3.63, 3.8) is 0 Å². The summed E-state index contributed by atoms with van der Waals surface area (Å²) in [6.45, 7) is 0.412. The van der Waals surface area contributed by atoms with Crippen molar-refractivity contribution in [1.29, 1.82) is 0 Å². The number of carbonyl (C=O) groups excluding carboxylic acids is 1. The second-order valence-electron chi connectivity index (χ2n) is 5.54. The molecule has 130 valence electrons. The molecule has 0 bridgehead atoms. The van der Waals surface area contributed by atoms with E-state index in [2.05, 4.69) is 20.4 Å². The summed E-state index contributed by atoms with van der Waals surface area (Å²) in [7, 11) is 0. The number of aromatic amines is 1. The van der Waals surface area contributed by atoms with E-state index in [0.29, 0.717) is 25.0 Å². The monoisotopic (exact) mass is 343 g/mol. The summed E-state index contributed by atoms with van der Waals surface area (Å²) in [6, 6.07) is 4.56. The Labute approximate surface area is 142 Å². The number of H-pyrrole nitrogens is 1. The van der Waals surface area contributed by atoms with E-state index in [-0.39, 0.29) is 29.5 Å². The zero-order chi connectivity index (χ0) is 17.8. The smallest absolute Gasteiger partial charge is 0.349 e. The molecule has 0 aliphatic rings. The normalized spacial score (nSPS) is 10.9. The first-order chi connectivity index (χ1) is 12.0. The van der Waals surface area contributed by atoms with Crippen LogP contribution in [-0.2, 0) is 17.6 Å². The van der Waals surface area contributed by atoms with E-state index < -0.39 is 0 Å². The molecule has 9 heteroatoms. The zero-order valence-corrected chi connectivity index (χ0v) is 13.3. The number of rotatable bonds is 6. The van der Waals surface area contributed by atoms with Crippen LogP contribution in [-0.4, -0.2) is 42.2 Å². The highest BCUT2D eigenvalue weighted by molar-refractivity contribution is 5.76. The SMILES string of the molecule is O=C(CCc1cnn2c(=O)[nH]cnc12)NCCc1ccc(O)c(O)c1. The van der Waals surface area contributed by atoms with E-state index in [1.54, 1.807) is 6.07 Å². The summed E-state index contributed by atoms with van der Waals surface area (Å²) in [6.07, 6.45) is 4.04. The average molecular weight is 343 g/mol. The van der Waals surface area contributed by atoms with Gasteiger partial charge in [0.2, 0.25) is 5.91 Å². The first kappa shape index (κ1) is 16.5. The summed E-state index contributed by atoms with van der Waals surface area (Å²) in [5.41, 5.74) is 1.60. The van der Waals surface area contributed by atoms with Crippen molar-refractivity contribution in [3.8, 4) is 11.5 Å². The molecule has 2 heterocycles. The summed E-state index contributed by atoms with van der Waals surface area (Å²) >= 11 is 0. The summed E-state index contributed by atoms with van der Waals surface area (Å²) in [5, 5.41) is 25.4. The number of carbonyl (C=O) groups is 1. The van der Waals surface area contributed by atoms with Gasteiger partial charge in [0.15, 0.2) is 17.1 Å². The Bertz CT molecular complexity index is 963. The molecule has 0 aliphatic heterocycles. The molecule has 0 saturated heterocycles. The minimum Gasteiger partial charge on any atom is -0.504 e. The lowest BCUT2D eigenvalue weighted by atomic mass is 10.1. The molecule has 4 N–H and O–H groups in total. The fourth-order valence-electron chi connectivity index (χ4n) is 2.46. The van der Waals surface area contributed by atoms with E-state index in [9.17, 15) is 19.8 Å². The molecule has 3 aromatic rings. The molecule has 2 aromatic heterocycles. The van der Waals surface area contributed by atoms with E-state index >= 15 is 0 Å². The maximum absolute atomic E-state index is 11.9. The van der Waals surface area contributed by atoms with Crippen molar-refractivity contribution in [2.75, 3.05) is 6.54 Å². The number of aromatic nitrogens is 4. The number of phenols is 2. The lowest BCUT2D eigenvalue weighted by Crippen LogP contribution is -2.25. The third-order valence-corrected chi connectivity index (χ3v) is 3.78. The van der Waals surface area contributed by atoms with Crippen LogP contribution in [0.25, 0.3) is 5.65 Å². The zero-order valence-electron chi connectivity index (χ0n) is 13.3. The summed E-state index contributed by atoms with van der Waals surface area (Å²) in [5.74, 6) is -0.486. The molecule has 0 radical (unpaired) electrons. The molecule has 1 aromatic carbocycles. The number of amides is 1. The molecule has 3 rings (SSSR count). The van der Waals surface area contributed by atoms with Crippen LogP contribution in [0, 0.1) is 0 Å². The minimum absolute atomic E-state index is 0.132. The molecular weight excluding hydrogens is 326 g/mol. The first-order valence-corrected chi connectivity index (χ1v) is 7.72. The molecule has 0 atom stereocenters. The number of phenolic OH excluding ortho intramolecular Hbond substituents is 2. The summed E-state index contributed by atoms with van der Waals surface area (Å²) in [4.78, 5) is 30.0. The van der Waals surface area contributed by atoms with Gasteiger partial charge < -0.3 is 15.5 Å². The Morgan fingerprint density at radius 2 is 2.08 bits per heavy atom. The molecule has 0 saturated carbocycles. The number of nitrogens with zero attached hydrogens (tertiary/aromatic N) is 3. The van der Waals surface area contributed by atoms with Gasteiger partial charge in [-0.3, -0.25) is 9.78 Å². The molecule has 1 amide bonds. The first-order valence-electron chi connectivity index (χ1n) is 7.72. The van der Waals surface area contributed by atoms with Gasteiger partial charge in [0.25, 0.3) is 0 Å². The molecule has 9 nitrogen and oxygen atoms in total. The minimum atomic E-state index is -0.377. The number of hydrogen-bond donors (Lipinski definition) is 4. The Balaban J connectivity index is 1.50. The molecular formula is C16H17N5O4. The van der Waals surface area contributed by atoms with Crippen LogP contribution in [0.4, 0.5) is 0 Å². The fourth-order valence-corrected chi connectivity index (χ4v) is 2.46. The number of hydrogen-bond acceptors (Lipinski definition) is 6. The van der Waals surface area contributed by atoms with Crippen molar-refractivity contribution in [1.82, 2.24) is 24.9 Å². The highest BCUT2D eigenvalue weighted by Crippen LogP contribution is 2.24. The van der Waals surface area contributed by atoms with Crippen LogP contribution in [0.15, 0.2) is 35.5 Å². The Hall–Kier alpha value is -3.36. The highest BCUT2D eigenvalue weighted by Gasteiger charge is 2.10. The Kier molecular flexibility index (Phi) is 4.64. The van der Waals surface area contributed by atoms with Crippen LogP contribution in [0.3, 0.4) is 0 Å². The quantitative estimate of drug-likeness (QED) is 0.470. The maximum Gasteiger partial charge on any atom is 0.349 e. The third kappa shape index (κ3) is 3.77. The predicted molar refractivity (Wildman–Crippen MR) is 88.4 cm³/mol. The Morgan fingerprint density at radius 3 is 2.88 bits per heavy atom. The van der Waals surface area contributed by atoms with E-state index in [4.69, 9.17) is 0 Å². The van der Waals surface area contributed by atoms with Gasteiger partial charge in [-0.05, 0) is 30.5 Å². The number of nitrogens with one attached hydrogen (secondary N) is 2. The third-order valence-electron chi connectivity index (χ3n) is 3.78. The van der Waals surface area contributed by atoms with Gasteiger partial charge in [-0.25, -0.2) is 9.78 Å². The van der Waals surface area contributed by atoms with Crippen LogP contribution in [0.2, 0.25) is 0 Å². The van der Waals surface area contributed by atoms with Crippen molar-refractivity contribution in [2.45, 2.75) is 19.3 Å². The topological polar surface area (TPSA) is 133 Å². The summed E-state index contributed by atoms with van der Waals surface area (Å²) < 4.78 is 1.16. The number of aryl methyl sites for hydroxylation is 1. The van der Waals surface area contributed by atoms with Gasteiger partial charge in [-0.2, -0.15) is 9.61 Å². The number of aromatic hydroxyl groups is 2. The van der Waals surface area contributed by atoms with E-state index in [1.165, 1.54) is 24.7 Å². The predicted octanol–water partition coefficient (Wildman–Crippen LogP) is 0.120. The van der Waals surface area contributed by atoms with Gasteiger partial charge in [0, 0.05) is 18.5 Å². The van der Waals surface area contributed by atoms with Crippen molar-refractivity contribution in [3.05, 3.63) is 52.3 Å². The van der Waals surface area contributed by atoms with Gasteiger partial charge in [-0.1, -0.05) is 6.07 Å². The van der Waals surface area contributed by atoms with Gasteiger partial charge in [0.1, 0.15) is 0 Å². The second kappa shape index (κ2) is 7.04. The molecule has 0 aliphatic carbocycles. The van der Waals surface area contributed by atoms with Gasteiger partial charge in [-0.15, -0.1) is 0 Å². The second-order valence-corrected chi connectivity index (χ2v) is 5.54. The van der Waals surface area contributed by atoms with Crippen LogP contribution in [0.5, 0.6) is 11.5 Å². The van der Waals surface area contributed by atoms with Crippen molar-refractivity contribution >= 4 is 11.6 Å². The molecule has 0 spiro atoms. The van der Waals surface area contributed by atoms with Crippen LogP contribution in [0.1, 0.15) is 17.5 Å². The molecule has 25 heavy (non-hydrogen) atoms. The Morgan fingerprint density at radius 1 is 1.24 bits per heavy atom. The van der Waals surface area contributed by atoms with E-state index in [1.807, 2.05) is 0 Å². The molecule has 0 fully saturated rings. The average Bonchev–Trinajstić information content (AvgIpc) is 3.01.